The molecule has 0 radical (unpaired) electrons. The van der Waals surface area contributed by atoms with Crippen molar-refractivity contribution in [3.05, 3.63) is 65.2 Å². The SMILES string of the molecule is CC[C@@H]1CN(S(=O)(=O)c2ccc(C)cc2)C[C@H]1NN1C(=O)c2ccccc2C1=O. The van der Waals surface area contributed by atoms with Crippen LogP contribution in [0, 0.1) is 12.8 Å². The summed E-state index contributed by atoms with van der Waals surface area (Å²) in [6.45, 7) is 4.42. The molecule has 1 saturated heterocycles. The number of sulfonamides is 1. The lowest BCUT2D eigenvalue weighted by Gasteiger charge is -2.24. The summed E-state index contributed by atoms with van der Waals surface area (Å²) in [4.78, 5) is 25.5. The van der Waals surface area contributed by atoms with Gasteiger partial charge in [0, 0.05) is 19.1 Å². The van der Waals surface area contributed by atoms with Gasteiger partial charge >= 0.3 is 0 Å². The van der Waals surface area contributed by atoms with Gasteiger partial charge in [0.05, 0.1) is 16.0 Å². The maximum atomic E-state index is 13.0. The Labute approximate surface area is 170 Å². The van der Waals surface area contributed by atoms with E-state index < -0.39 is 21.8 Å². The first-order valence-electron chi connectivity index (χ1n) is 9.63. The van der Waals surface area contributed by atoms with Crippen LogP contribution in [0.15, 0.2) is 53.4 Å². The maximum absolute atomic E-state index is 13.0. The van der Waals surface area contributed by atoms with Gasteiger partial charge in [-0.15, -0.1) is 0 Å². The van der Waals surface area contributed by atoms with E-state index >= 15 is 0 Å². The minimum absolute atomic E-state index is 0.0143. The van der Waals surface area contributed by atoms with Gasteiger partial charge in [0.1, 0.15) is 0 Å². The summed E-state index contributed by atoms with van der Waals surface area (Å²) in [6.07, 6.45) is 0.723. The van der Waals surface area contributed by atoms with Crippen LogP contribution in [0.25, 0.3) is 0 Å². The number of carbonyl (C=O) groups is 2. The van der Waals surface area contributed by atoms with Crippen molar-refractivity contribution >= 4 is 21.8 Å². The Bertz CT molecular complexity index is 1030. The number of hydrazine groups is 1. The highest BCUT2D eigenvalue weighted by molar-refractivity contribution is 7.89. The Hall–Kier alpha value is -2.55. The van der Waals surface area contributed by atoms with E-state index in [9.17, 15) is 18.0 Å². The predicted molar refractivity (Wildman–Crippen MR) is 108 cm³/mol. The third-order valence-electron chi connectivity index (χ3n) is 5.68. The molecule has 0 aliphatic carbocycles. The van der Waals surface area contributed by atoms with Crippen LogP contribution in [-0.4, -0.2) is 48.7 Å². The van der Waals surface area contributed by atoms with Gasteiger partial charge in [-0.05, 0) is 37.1 Å². The van der Waals surface area contributed by atoms with Gasteiger partial charge in [-0.3, -0.25) is 9.59 Å². The lowest BCUT2D eigenvalue weighted by Crippen LogP contribution is -2.51. The second-order valence-corrected chi connectivity index (χ2v) is 9.47. The summed E-state index contributed by atoms with van der Waals surface area (Å²) >= 11 is 0. The van der Waals surface area contributed by atoms with E-state index in [1.807, 2.05) is 13.8 Å². The molecule has 0 bridgehead atoms. The highest BCUT2D eigenvalue weighted by atomic mass is 32.2. The Balaban J connectivity index is 1.54. The van der Waals surface area contributed by atoms with Gasteiger partial charge in [-0.2, -0.15) is 4.31 Å². The molecule has 1 fully saturated rings. The zero-order valence-corrected chi connectivity index (χ0v) is 17.1. The average molecular weight is 413 g/mol. The van der Waals surface area contributed by atoms with E-state index in [1.165, 1.54) is 4.31 Å². The van der Waals surface area contributed by atoms with E-state index in [0.29, 0.717) is 17.7 Å². The van der Waals surface area contributed by atoms with Crippen LogP contribution in [0.1, 0.15) is 39.6 Å². The predicted octanol–water partition coefficient (Wildman–Crippen LogP) is 2.19. The third kappa shape index (κ3) is 3.37. The fraction of sp³-hybridized carbons (Fsp3) is 0.333. The Morgan fingerprint density at radius 3 is 2.10 bits per heavy atom. The number of carbonyl (C=O) groups excluding carboxylic acids is 2. The number of hydrogen-bond donors (Lipinski definition) is 1. The van der Waals surface area contributed by atoms with E-state index in [0.717, 1.165) is 17.0 Å². The summed E-state index contributed by atoms with van der Waals surface area (Å²) in [7, 11) is -3.64. The molecule has 152 valence electrons. The molecule has 1 N–H and O–H groups in total. The first kappa shape index (κ1) is 19.8. The monoisotopic (exact) mass is 413 g/mol. The van der Waals surface area contributed by atoms with Crippen LogP contribution in [0.5, 0.6) is 0 Å². The number of nitrogens with zero attached hydrogens (tertiary/aromatic N) is 2. The summed E-state index contributed by atoms with van der Waals surface area (Å²) in [6, 6.07) is 13.1. The van der Waals surface area contributed by atoms with Gasteiger partial charge in [0.2, 0.25) is 10.0 Å². The molecule has 2 heterocycles. The topological polar surface area (TPSA) is 86.8 Å². The molecule has 0 spiro atoms. The van der Waals surface area contributed by atoms with Crippen LogP contribution in [0.4, 0.5) is 0 Å². The number of rotatable bonds is 5. The molecule has 0 unspecified atom stereocenters. The number of nitrogens with one attached hydrogen (secondary N) is 1. The number of hydrogen-bond acceptors (Lipinski definition) is 5. The maximum Gasteiger partial charge on any atom is 0.276 e. The van der Waals surface area contributed by atoms with Crippen molar-refractivity contribution in [3.63, 3.8) is 0 Å². The number of fused-ring (bicyclic) bond motifs is 1. The summed E-state index contributed by atoms with van der Waals surface area (Å²) in [5.41, 5.74) is 4.73. The molecular weight excluding hydrogens is 390 g/mol. The van der Waals surface area contributed by atoms with E-state index in [4.69, 9.17) is 0 Å². The molecule has 8 heteroatoms. The molecule has 2 aliphatic heterocycles. The van der Waals surface area contributed by atoms with Crippen LogP contribution in [-0.2, 0) is 10.0 Å². The van der Waals surface area contributed by atoms with Crippen LogP contribution >= 0.6 is 0 Å². The second kappa shape index (κ2) is 7.37. The Morgan fingerprint density at radius 1 is 0.966 bits per heavy atom. The van der Waals surface area contributed by atoms with Crippen molar-refractivity contribution in [2.75, 3.05) is 13.1 Å². The number of aryl methyl sites for hydroxylation is 1. The van der Waals surface area contributed by atoms with Crippen LogP contribution in [0.3, 0.4) is 0 Å². The normalized spacial score (nSPS) is 22.3. The van der Waals surface area contributed by atoms with Gasteiger partial charge in [-0.25, -0.2) is 18.9 Å². The van der Waals surface area contributed by atoms with Crippen LogP contribution < -0.4 is 5.43 Å². The fourth-order valence-corrected chi connectivity index (χ4v) is 5.44. The molecule has 2 aromatic carbocycles. The first-order chi connectivity index (χ1) is 13.8. The average Bonchev–Trinajstić information content (AvgIpc) is 3.24. The second-order valence-electron chi connectivity index (χ2n) is 7.53. The number of imide groups is 1. The highest BCUT2D eigenvalue weighted by Gasteiger charge is 2.43. The van der Waals surface area contributed by atoms with E-state index in [-0.39, 0.29) is 23.4 Å². The smallest absolute Gasteiger partial charge is 0.267 e. The molecule has 7 nitrogen and oxygen atoms in total. The molecule has 29 heavy (non-hydrogen) atoms. The molecule has 2 atom stereocenters. The number of benzene rings is 2. The quantitative estimate of drug-likeness (QED) is 0.760. The Kier molecular flexibility index (Phi) is 5.02. The molecule has 2 aromatic rings. The minimum atomic E-state index is -3.64. The summed E-state index contributed by atoms with van der Waals surface area (Å²) < 4.78 is 27.5. The van der Waals surface area contributed by atoms with E-state index in [1.54, 1.807) is 48.5 Å². The van der Waals surface area contributed by atoms with Gasteiger partial charge in [0.15, 0.2) is 0 Å². The van der Waals surface area contributed by atoms with Crippen molar-refractivity contribution in [3.8, 4) is 0 Å². The van der Waals surface area contributed by atoms with Crippen molar-refractivity contribution in [2.45, 2.75) is 31.2 Å². The third-order valence-corrected chi connectivity index (χ3v) is 7.53. The van der Waals surface area contributed by atoms with Crippen molar-refractivity contribution in [1.82, 2.24) is 14.7 Å². The van der Waals surface area contributed by atoms with Crippen molar-refractivity contribution in [2.24, 2.45) is 5.92 Å². The van der Waals surface area contributed by atoms with Gasteiger partial charge in [0.25, 0.3) is 11.8 Å². The number of amides is 2. The van der Waals surface area contributed by atoms with Crippen LogP contribution in [0.2, 0.25) is 0 Å². The van der Waals surface area contributed by atoms with Gasteiger partial charge < -0.3 is 0 Å². The summed E-state index contributed by atoms with van der Waals surface area (Å²) in [5.74, 6) is -0.819. The highest BCUT2D eigenvalue weighted by Crippen LogP contribution is 2.28. The lowest BCUT2D eigenvalue weighted by atomic mass is 10.0. The van der Waals surface area contributed by atoms with Crippen molar-refractivity contribution in [1.29, 1.82) is 0 Å². The molecule has 4 rings (SSSR count). The molecular formula is C21H23N3O4S. The molecule has 2 aliphatic rings. The molecule has 2 amide bonds. The van der Waals surface area contributed by atoms with E-state index in [2.05, 4.69) is 5.43 Å². The fourth-order valence-electron chi connectivity index (χ4n) is 3.92. The van der Waals surface area contributed by atoms with Crippen molar-refractivity contribution < 1.29 is 18.0 Å². The molecule has 0 saturated carbocycles. The minimum Gasteiger partial charge on any atom is -0.267 e. The molecule has 0 aromatic heterocycles. The zero-order chi connectivity index (χ0) is 20.8. The summed E-state index contributed by atoms with van der Waals surface area (Å²) in [5, 5.41) is 1.03. The van der Waals surface area contributed by atoms with Gasteiger partial charge in [-0.1, -0.05) is 43.2 Å². The Morgan fingerprint density at radius 2 is 1.55 bits per heavy atom. The largest absolute Gasteiger partial charge is 0.276 e. The lowest BCUT2D eigenvalue weighted by molar-refractivity contribution is 0.0522. The zero-order valence-electron chi connectivity index (χ0n) is 16.3. The first-order valence-corrected chi connectivity index (χ1v) is 11.1. The standard InChI is InChI=1S/C21H23N3O4S/c1-3-15-12-23(29(27,28)16-10-8-14(2)9-11-16)13-19(15)22-24-20(25)17-6-4-5-7-18(17)21(24)26/h4-11,15,19,22H,3,12-13H2,1-2H3/t15-,19-/m1/s1.